The Morgan fingerprint density at radius 2 is 1.81 bits per heavy atom. The van der Waals surface area contributed by atoms with Gasteiger partial charge in [0.25, 0.3) is 5.91 Å². The number of aromatic hydroxyl groups is 1. The molecule has 42 heavy (non-hydrogen) atoms. The van der Waals surface area contributed by atoms with Gasteiger partial charge in [0, 0.05) is 33.1 Å². The van der Waals surface area contributed by atoms with Gasteiger partial charge >= 0.3 is 6.18 Å². The summed E-state index contributed by atoms with van der Waals surface area (Å²) in [5, 5.41) is 23.6. The molecule has 2 N–H and O–H groups in total. The Morgan fingerprint density at radius 3 is 2.45 bits per heavy atom. The fraction of sp³-hybridized carbons (Fsp3) is 0.444. The van der Waals surface area contributed by atoms with Crippen LogP contribution in [0.15, 0.2) is 35.3 Å². The van der Waals surface area contributed by atoms with Crippen molar-refractivity contribution in [3.63, 3.8) is 0 Å². The molecule has 3 heterocycles. The number of pyridine rings is 1. The third kappa shape index (κ3) is 5.56. The molecular weight excluding hydrogens is 580 g/mol. The van der Waals surface area contributed by atoms with Crippen LogP contribution < -0.4 is 15.8 Å². The van der Waals surface area contributed by atoms with E-state index in [-0.39, 0.29) is 34.4 Å². The van der Waals surface area contributed by atoms with Crippen molar-refractivity contribution >= 4 is 23.2 Å². The highest BCUT2D eigenvalue weighted by Crippen LogP contribution is 2.42. The zero-order valence-electron chi connectivity index (χ0n) is 22.7. The van der Waals surface area contributed by atoms with E-state index in [1.807, 2.05) is 5.32 Å². The van der Waals surface area contributed by atoms with Gasteiger partial charge < -0.3 is 15.3 Å². The highest BCUT2D eigenvalue weighted by molar-refractivity contribution is 7.14. The van der Waals surface area contributed by atoms with Crippen LogP contribution in [0.2, 0.25) is 0 Å². The summed E-state index contributed by atoms with van der Waals surface area (Å²) in [5.41, 5.74) is -0.993. The van der Waals surface area contributed by atoms with Crippen LogP contribution in [-0.2, 0) is 11.2 Å². The van der Waals surface area contributed by atoms with Gasteiger partial charge in [-0.25, -0.2) is 4.39 Å². The average Bonchev–Trinajstić information content (AvgIpc) is 3.41. The van der Waals surface area contributed by atoms with E-state index in [4.69, 9.17) is 0 Å². The highest BCUT2D eigenvalue weighted by atomic mass is 32.1. The van der Waals surface area contributed by atoms with E-state index in [2.05, 4.69) is 10.2 Å². The maximum atomic E-state index is 13.5. The monoisotopic (exact) mass is 608 g/mol. The molecule has 2 aromatic heterocycles. The Kier molecular flexibility index (Phi) is 7.72. The smallest absolute Gasteiger partial charge is 0.405 e. The largest absolute Gasteiger partial charge is 0.502 e. The standard InChI is InChI=1S/C27H28F4N6O4S/c1-35-25(41)21-23(40)22(39)18(24-34-33-20(42-24)12-15-3-5-17(28)6-4-15)13-37(21)36(2)26(35)9-7-16(8-10-26)11-19(38)32-14-27(29,30)31/h3-6,13,16,40H,7-12,14H2,1-2H3,(H,32,38). The van der Waals surface area contributed by atoms with E-state index in [0.29, 0.717) is 37.1 Å². The van der Waals surface area contributed by atoms with E-state index < -0.39 is 41.4 Å². The average molecular weight is 609 g/mol. The van der Waals surface area contributed by atoms with Crippen LogP contribution in [0, 0.1) is 11.7 Å². The van der Waals surface area contributed by atoms with Crippen molar-refractivity contribution in [1.82, 2.24) is 25.1 Å². The predicted molar refractivity (Wildman–Crippen MR) is 145 cm³/mol. The van der Waals surface area contributed by atoms with Crippen LogP contribution in [0.1, 0.15) is 53.2 Å². The first-order valence-electron chi connectivity index (χ1n) is 13.2. The number of aromatic nitrogens is 3. The van der Waals surface area contributed by atoms with E-state index in [1.54, 1.807) is 31.2 Å². The van der Waals surface area contributed by atoms with Crippen molar-refractivity contribution in [2.24, 2.45) is 5.92 Å². The molecule has 1 aliphatic heterocycles. The number of benzene rings is 1. The molecule has 10 nitrogen and oxygen atoms in total. The second kappa shape index (κ2) is 11.0. The molecule has 1 aliphatic carbocycles. The fourth-order valence-corrected chi connectivity index (χ4v) is 6.57. The number of fused-ring (bicyclic) bond motifs is 1. The van der Waals surface area contributed by atoms with Gasteiger partial charge in [0.1, 0.15) is 23.0 Å². The van der Waals surface area contributed by atoms with E-state index in [0.717, 1.165) is 16.9 Å². The topological polar surface area (TPSA) is 121 Å². The van der Waals surface area contributed by atoms with Crippen LogP contribution in [0.25, 0.3) is 10.6 Å². The van der Waals surface area contributed by atoms with Gasteiger partial charge in [-0.05, 0) is 49.3 Å². The number of amides is 2. The van der Waals surface area contributed by atoms with Gasteiger partial charge in [0.2, 0.25) is 11.3 Å². The zero-order valence-corrected chi connectivity index (χ0v) is 23.6. The summed E-state index contributed by atoms with van der Waals surface area (Å²) in [6, 6.07) is 5.91. The molecule has 0 radical (unpaired) electrons. The van der Waals surface area contributed by atoms with Gasteiger partial charge in [-0.1, -0.05) is 23.5 Å². The molecule has 3 aromatic rings. The Morgan fingerprint density at radius 1 is 1.14 bits per heavy atom. The number of nitrogens with one attached hydrogen (secondary N) is 1. The van der Waals surface area contributed by atoms with Crippen LogP contribution in [-0.4, -0.2) is 69.2 Å². The fourth-order valence-electron chi connectivity index (χ4n) is 5.69. The third-order valence-electron chi connectivity index (χ3n) is 8.05. The lowest BCUT2D eigenvalue weighted by molar-refractivity contribution is -0.139. The van der Waals surface area contributed by atoms with Crippen LogP contribution in [0.4, 0.5) is 17.6 Å². The summed E-state index contributed by atoms with van der Waals surface area (Å²) in [4.78, 5) is 40.2. The number of alkyl halides is 3. The van der Waals surface area contributed by atoms with Gasteiger partial charge in [-0.2, -0.15) is 13.2 Å². The molecule has 0 unspecified atom stereocenters. The number of nitrogens with zero attached hydrogens (tertiary/aromatic N) is 5. The number of hydrogen-bond donors (Lipinski definition) is 2. The third-order valence-corrected chi connectivity index (χ3v) is 9.01. The summed E-state index contributed by atoms with van der Waals surface area (Å²) < 4.78 is 52.1. The van der Waals surface area contributed by atoms with Gasteiger partial charge in [0.15, 0.2) is 16.5 Å². The molecule has 1 saturated carbocycles. The normalized spacial score (nSPS) is 20.6. The first kappa shape index (κ1) is 29.5. The zero-order chi connectivity index (χ0) is 30.4. The minimum absolute atomic E-state index is 0.0495. The molecule has 0 saturated heterocycles. The molecule has 1 spiro atoms. The van der Waals surface area contributed by atoms with Crippen LogP contribution in [0.5, 0.6) is 5.75 Å². The summed E-state index contributed by atoms with van der Waals surface area (Å²) in [7, 11) is 3.29. The maximum Gasteiger partial charge on any atom is 0.405 e. The highest BCUT2D eigenvalue weighted by Gasteiger charge is 2.50. The molecule has 2 amide bonds. The minimum Gasteiger partial charge on any atom is -0.502 e. The Hall–Kier alpha value is -4.01. The molecule has 5 rings (SSSR count). The second-order valence-electron chi connectivity index (χ2n) is 10.6. The molecule has 0 bridgehead atoms. The van der Waals surface area contributed by atoms with E-state index >= 15 is 0 Å². The lowest BCUT2D eigenvalue weighted by Gasteiger charge is -2.55. The Bertz CT molecular complexity index is 1560. The summed E-state index contributed by atoms with van der Waals surface area (Å²) in [6.45, 7) is -1.38. The first-order chi connectivity index (χ1) is 19.8. The number of carbonyl (C=O) groups excluding carboxylic acids is 2. The van der Waals surface area contributed by atoms with Crippen molar-refractivity contribution < 1.29 is 32.3 Å². The molecule has 0 atom stereocenters. The van der Waals surface area contributed by atoms with Crippen LogP contribution >= 0.6 is 11.3 Å². The number of halogens is 4. The lowest BCUT2D eigenvalue weighted by Crippen LogP contribution is -2.69. The van der Waals surface area contributed by atoms with Crippen molar-refractivity contribution in [2.45, 2.75) is 50.4 Å². The molecule has 224 valence electrons. The Balaban J connectivity index is 1.38. The first-order valence-corrected chi connectivity index (χ1v) is 14.0. The second-order valence-corrected chi connectivity index (χ2v) is 11.7. The van der Waals surface area contributed by atoms with Gasteiger partial charge in [-0.15, -0.1) is 10.2 Å². The summed E-state index contributed by atoms with van der Waals surface area (Å²) >= 11 is 1.14. The SMILES string of the molecule is CN1C(=O)c2c(O)c(=O)c(-c3nnc(Cc4ccc(F)cc4)s3)cn2N(C)C12CCC(CC(=O)NCC(F)(F)F)CC2. The molecular formula is C27H28F4N6O4S. The number of carbonyl (C=O) groups is 2. The maximum absolute atomic E-state index is 13.5. The Labute approximate surface area is 241 Å². The predicted octanol–water partition coefficient (Wildman–Crippen LogP) is 3.41. The van der Waals surface area contributed by atoms with Crippen LogP contribution in [0.3, 0.4) is 0 Å². The quantitative estimate of drug-likeness (QED) is 0.412. The number of hydrogen-bond acceptors (Lipinski definition) is 8. The molecule has 15 heteroatoms. The summed E-state index contributed by atoms with van der Waals surface area (Å²) in [5.74, 6) is -2.50. The van der Waals surface area contributed by atoms with Crippen molar-refractivity contribution in [1.29, 1.82) is 0 Å². The molecule has 2 aliphatic rings. The number of rotatable bonds is 6. The van der Waals surface area contributed by atoms with Crippen molar-refractivity contribution in [2.75, 3.05) is 25.6 Å². The van der Waals surface area contributed by atoms with Crippen molar-refractivity contribution in [3.05, 3.63) is 62.8 Å². The van der Waals surface area contributed by atoms with Gasteiger partial charge in [0.05, 0.1) is 5.56 Å². The molecule has 1 fully saturated rings. The van der Waals surface area contributed by atoms with Crippen molar-refractivity contribution in [3.8, 4) is 16.3 Å². The summed E-state index contributed by atoms with van der Waals surface area (Å²) in [6.07, 6.45) is -0.980. The lowest BCUT2D eigenvalue weighted by atomic mass is 9.78. The van der Waals surface area contributed by atoms with E-state index in [9.17, 15) is 37.1 Å². The van der Waals surface area contributed by atoms with Gasteiger partial charge in [-0.3, -0.25) is 24.1 Å². The molecule has 1 aromatic carbocycles. The minimum atomic E-state index is -4.49. The van der Waals surface area contributed by atoms with E-state index in [1.165, 1.54) is 27.9 Å².